The van der Waals surface area contributed by atoms with Crippen LogP contribution in [0.2, 0.25) is 0 Å². The first kappa shape index (κ1) is 38.2. The van der Waals surface area contributed by atoms with Gasteiger partial charge >= 0.3 is 23.9 Å². The van der Waals surface area contributed by atoms with Crippen molar-refractivity contribution in [1.29, 1.82) is 0 Å². The molecule has 0 saturated heterocycles. The first-order chi connectivity index (χ1) is 23.1. The third-order valence-electron chi connectivity index (χ3n) is 7.86. The predicted octanol–water partition coefficient (Wildman–Crippen LogP) is 8.11. The molecule has 0 bridgehead atoms. The first-order valence-corrected chi connectivity index (χ1v) is 16.6. The van der Waals surface area contributed by atoms with E-state index >= 15 is 0 Å². The van der Waals surface area contributed by atoms with Gasteiger partial charge in [0.2, 0.25) is 0 Å². The Balaban J connectivity index is 0.000000260. The lowest BCUT2D eigenvalue weighted by atomic mass is 9.79. The minimum atomic E-state index is -0.593. The van der Waals surface area contributed by atoms with Crippen LogP contribution in [0.15, 0.2) is 118 Å². The zero-order valence-electron chi connectivity index (χ0n) is 27.1. The Morgan fingerprint density at radius 1 is 0.458 bits per heavy atom. The second-order valence-electron chi connectivity index (χ2n) is 10.7. The van der Waals surface area contributed by atoms with E-state index in [1.54, 1.807) is 0 Å². The highest BCUT2D eigenvalue weighted by atomic mass is 79.9. The Morgan fingerprint density at radius 3 is 1.04 bits per heavy atom. The van der Waals surface area contributed by atoms with Gasteiger partial charge in [0, 0.05) is 20.8 Å². The van der Waals surface area contributed by atoms with Crippen LogP contribution in [0.3, 0.4) is 0 Å². The van der Waals surface area contributed by atoms with Gasteiger partial charge in [-0.1, -0.05) is 117 Å². The highest BCUT2D eigenvalue weighted by Gasteiger charge is 2.35. The van der Waals surface area contributed by atoms with E-state index in [9.17, 15) is 19.2 Å². The van der Waals surface area contributed by atoms with Crippen molar-refractivity contribution in [2.75, 3.05) is 28.4 Å². The molecule has 10 heteroatoms. The molecule has 48 heavy (non-hydrogen) atoms. The number of carbonyl (C=O) groups excluding carboxylic acids is 4. The molecule has 0 fully saturated rings. The number of ether oxygens (including phenoxy) is 4. The molecule has 0 saturated carbocycles. The summed E-state index contributed by atoms with van der Waals surface area (Å²) in [6.07, 6.45) is 0.187. The van der Waals surface area contributed by atoms with Crippen LogP contribution < -0.4 is 0 Å². The average Bonchev–Trinajstić information content (AvgIpc) is 3.13. The molecule has 0 aliphatic heterocycles. The third kappa shape index (κ3) is 10.9. The number of esters is 4. The van der Waals surface area contributed by atoms with Gasteiger partial charge in [-0.2, -0.15) is 0 Å². The second kappa shape index (κ2) is 19.5. The molecule has 4 aromatic rings. The summed E-state index contributed by atoms with van der Waals surface area (Å²) in [5.41, 5.74) is 3.37. The molecule has 252 valence electrons. The highest BCUT2D eigenvalue weighted by molar-refractivity contribution is 9.10. The summed E-state index contributed by atoms with van der Waals surface area (Å²) >= 11 is 6.78. The van der Waals surface area contributed by atoms with Gasteiger partial charge in [-0.05, 0) is 46.5 Å². The van der Waals surface area contributed by atoms with E-state index in [0.717, 1.165) is 31.2 Å². The Hall–Kier alpha value is -4.28. The largest absolute Gasteiger partial charge is 0.469 e. The number of benzene rings is 4. The lowest BCUT2D eigenvalue weighted by Crippen LogP contribution is -2.24. The van der Waals surface area contributed by atoms with Crippen LogP contribution in [0.1, 0.15) is 58.8 Å². The standard InChI is InChI=1S/2C19H19BrO4/c2*1-23-17(21)12-16(13-6-4-3-5-7-13)18(19(22)24-2)14-8-10-15(20)11-9-14/h2*3-11,16,18H,12H2,1-2H3/t2*16-,18-/m00/s1. The fourth-order valence-electron chi connectivity index (χ4n) is 5.44. The Labute approximate surface area is 298 Å². The average molecular weight is 783 g/mol. The molecule has 0 spiro atoms. The van der Waals surface area contributed by atoms with Gasteiger partial charge in [-0.15, -0.1) is 0 Å². The quantitative estimate of drug-likeness (QED) is 0.105. The first-order valence-electron chi connectivity index (χ1n) is 15.0. The topological polar surface area (TPSA) is 105 Å². The summed E-state index contributed by atoms with van der Waals surface area (Å²) in [5, 5.41) is 0. The van der Waals surface area contributed by atoms with Crippen molar-refractivity contribution in [2.45, 2.75) is 36.5 Å². The third-order valence-corrected chi connectivity index (χ3v) is 8.91. The highest BCUT2D eigenvalue weighted by Crippen LogP contribution is 2.39. The Morgan fingerprint density at radius 2 is 0.771 bits per heavy atom. The van der Waals surface area contributed by atoms with Crippen LogP contribution >= 0.6 is 31.9 Å². The van der Waals surface area contributed by atoms with Crippen LogP contribution in [0.4, 0.5) is 0 Å². The number of halogens is 2. The van der Waals surface area contributed by atoms with Crippen LogP contribution in [0.25, 0.3) is 0 Å². The molecule has 0 radical (unpaired) electrons. The van der Waals surface area contributed by atoms with E-state index in [1.807, 2.05) is 109 Å². The lowest BCUT2D eigenvalue weighted by molar-refractivity contribution is -0.146. The summed E-state index contributed by atoms with van der Waals surface area (Å²) in [6.45, 7) is 0. The van der Waals surface area contributed by atoms with Gasteiger partial charge in [-0.25, -0.2) is 0 Å². The molecule has 0 aromatic heterocycles. The summed E-state index contributed by atoms with van der Waals surface area (Å²) in [7, 11) is 5.40. The van der Waals surface area contributed by atoms with Crippen molar-refractivity contribution < 1.29 is 38.1 Å². The minimum Gasteiger partial charge on any atom is -0.469 e. The number of hydrogen-bond acceptors (Lipinski definition) is 8. The monoisotopic (exact) mass is 780 g/mol. The summed E-state index contributed by atoms with van der Waals surface area (Å²) in [5.74, 6) is -3.41. The van der Waals surface area contributed by atoms with Crippen molar-refractivity contribution in [3.05, 3.63) is 140 Å². The van der Waals surface area contributed by atoms with Gasteiger partial charge in [0.15, 0.2) is 0 Å². The lowest BCUT2D eigenvalue weighted by Gasteiger charge is -2.25. The number of methoxy groups -OCH3 is 4. The Bertz CT molecular complexity index is 1490. The SMILES string of the molecule is COC(=O)C[C@@H](c1ccccc1)[C@@H](C(=O)OC)c1ccc(Br)cc1.COC(=O)C[C@@H](c1ccccc1)[C@@H](C(=O)OC)c1ccc(Br)cc1. The second-order valence-corrected chi connectivity index (χ2v) is 12.5. The molecule has 8 nitrogen and oxygen atoms in total. The summed E-state index contributed by atoms with van der Waals surface area (Å²) in [4.78, 5) is 48.8. The normalized spacial score (nSPS) is 13.0. The zero-order chi connectivity index (χ0) is 35.1. The maximum Gasteiger partial charge on any atom is 0.313 e. The van der Waals surface area contributed by atoms with E-state index < -0.39 is 11.8 Å². The molecule has 0 N–H and O–H groups in total. The van der Waals surface area contributed by atoms with Gasteiger partial charge < -0.3 is 18.9 Å². The molecule has 0 aliphatic rings. The molecular formula is C38H38Br2O8. The van der Waals surface area contributed by atoms with Crippen LogP contribution in [0, 0.1) is 0 Å². The maximum absolute atomic E-state index is 12.5. The predicted molar refractivity (Wildman–Crippen MR) is 189 cm³/mol. The molecule has 4 atom stereocenters. The fourth-order valence-corrected chi connectivity index (χ4v) is 5.97. The van der Waals surface area contributed by atoms with Crippen LogP contribution in [-0.2, 0) is 38.1 Å². The fraction of sp³-hybridized carbons (Fsp3) is 0.263. The van der Waals surface area contributed by atoms with E-state index in [2.05, 4.69) is 31.9 Å². The van der Waals surface area contributed by atoms with Crippen molar-refractivity contribution in [3.8, 4) is 0 Å². The smallest absolute Gasteiger partial charge is 0.313 e. The molecule has 0 unspecified atom stereocenters. The van der Waals surface area contributed by atoms with Gasteiger partial charge in [-0.3, -0.25) is 19.2 Å². The van der Waals surface area contributed by atoms with Crippen LogP contribution in [0.5, 0.6) is 0 Å². The molecule has 0 heterocycles. The number of hydrogen-bond donors (Lipinski definition) is 0. The molecule has 4 aromatic carbocycles. The van der Waals surface area contributed by atoms with Gasteiger partial charge in [0.05, 0.1) is 53.1 Å². The minimum absolute atomic E-state index is 0.0936. The summed E-state index contributed by atoms with van der Waals surface area (Å²) < 4.78 is 21.5. The molecule has 0 aliphatic carbocycles. The Kier molecular flexibility index (Phi) is 15.5. The van der Waals surface area contributed by atoms with Crippen molar-refractivity contribution >= 4 is 55.7 Å². The van der Waals surface area contributed by atoms with Gasteiger partial charge in [0.25, 0.3) is 0 Å². The number of rotatable bonds is 12. The van der Waals surface area contributed by atoms with E-state index in [4.69, 9.17) is 18.9 Å². The van der Waals surface area contributed by atoms with Crippen molar-refractivity contribution in [3.63, 3.8) is 0 Å². The van der Waals surface area contributed by atoms with E-state index in [0.29, 0.717) is 0 Å². The number of carbonyl (C=O) groups is 4. The van der Waals surface area contributed by atoms with E-state index in [1.165, 1.54) is 28.4 Å². The van der Waals surface area contributed by atoms with Gasteiger partial charge in [0.1, 0.15) is 0 Å². The molecule has 4 rings (SSSR count). The van der Waals surface area contributed by atoms with Crippen molar-refractivity contribution in [2.24, 2.45) is 0 Å². The van der Waals surface area contributed by atoms with Crippen LogP contribution in [-0.4, -0.2) is 52.3 Å². The maximum atomic E-state index is 12.5. The zero-order valence-corrected chi connectivity index (χ0v) is 30.3. The van der Waals surface area contributed by atoms with Crippen molar-refractivity contribution in [1.82, 2.24) is 0 Å². The molecular weight excluding hydrogens is 744 g/mol. The molecule has 0 amide bonds. The van der Waals surface area contributed by atoms with E-state index in [-0.39, 0.29) is 48.6 Å². The summed E-state index contributed by atoms with van der Waals surface area (Å²) in [6, 6.07) is 33.9.